The number of hydrogen-bond donors (Lipinski definition) is 0. The van der Waals surface area contributed by atoms with Crippen LogP contribution in [-0.4, -0.2) is 25.8 Å². The van der Waals surface area contributed by atoms with Crippen molar-refractivity contribution in [3.63, 3.8) is 0 Å². The number of methoxy groups -OCH3 is 1. The first kappa shape index (κ1) is 18.4. The molecule has 0 spiro atoms. The minimum atomic E-state index is -0.330. The molecule has 0 amide bonds. The second kappa shape index (κ2) is 7.02. The van der Waals surface area contributed by atoms with Crippen molar-refractivity contribution in [1.82, 2.24) is 18.7 Å². The standard InChI is InChI=1S/C23H22N4O3/c1-15-6-5-8-18(12-15)26-21-20(22(28)27(23(26)29)17-10-11-17)25(14-24-21)13-16-7-3-4-9-19(16)30-2/h3-9,12,14,17H,10-11,13H2,1-2H3. The quantitative estimate of drug-likeness (QED) is 0.514. The Morgan fingerprint density at radius 1 is 1.10 bits per heavy atom. The summed E-state index contributed by atoms with van der Waals surface area (Å²) in [6, 6.07) is 15.3. The number of nitrogens with zero attached hydrogens (tertiary/aromatic N) is 4. The summed E-state index contributed by atoms with van der Waals surface area (Å²) >= 11 is 0. The van der Waals surface area contributed by atoms with Gasteiger partial charge in [-0.3, -0.25) is 9.36 Å². The van der Waals surface area contributed by atoms with E-state index in [2.05, 4.69) is 4.98 Å². The van der Waals surface area contributed by atoms with E-state index < -0.39 is 0 Å². The molecule has 1 aliphatic rings. The molecule has 2 heterocycles. The lowest BCUT2D eigenvalue weighted by Crippen LogP contribution is -2.39. The van der Waals surface area contributed by atoms with Crippen LogP contribution in [-0.2, 0) is 6.54 Å². The molecule has 1 aliphatic carbocycles. The van der Waals surface area contributed by atoms with E-state index in [0.29, 0.717) is 23.4 Å². The van der Waals surface area contributed by atoms with Crippen molar-refractivity contribution in [1.29, 1.82) is 0 Å². The third-order valence-electron chi connectivity index (χ3n) is 5.55. The van der Waals surface area contributed by atoms with Crippen LogP contribution in [0.5, 0.6) is 5.75 Å². The van der Waals surface area contributed by atoms with Crippen molar-refractivity contribution < 1.29 is 4.74 Å². The molecular formula is C23H22N4O3. The zero-order valence-electron chi connectivity index (χ0n) is 16.9. The van der Waals surface area contributed by atoms with Crippen LogP contribution in [0, 0.1) is 6.92 Å². The van der Waals surface area contributed by atoms with Crippen molar-refractivity contribution in [3.8, 4) is 11.4 Å². The lowest BCUT2D eigenvalue weighted by atomic mass is 10.2. The smallest absolute Gasteiger partial charge is 0.337 e. The lowest BCUT2D eigenvalue weighted by Gasteiger charge is -2.13. The zero-order valence-corrected chi connectivity index (χ0v) is 16.9. The minimum absolute atomic E-state index is 0.0416. The molecule has 7 heteroatoms. The molecule has 0 saturated heterocycles. The van der Waals surface area contributed by atoms with Gasteiger partial charge in [-0.2, -0.15) is 0 Å². The van der Waals surface area contributed by atoms with Crippen LogP contribution in [0.1, 0.15) is 30.0 Å². The predicted octanol–water partition coefficient (Wildman–Crippen LogP) is 3.05. The normalized spacial score (nSPS) is 13.7. The molecule has 0 radical (unpaired) electrons. The van der Waals surface area contributed by atoms with E-state index in [1.54, 1.807) is 22.6 Å². The average Bonchev–Trinajstić information content (AvgIpc) is 3.49. The van der Waals surface area contributed by atoms with Gasteiger partial charge in [-0.25, -0.2) is 14.3 Å². The molecule has 0 aliphatic heterocycles. The summed E-state index contributed by atoms with van der Waals surface area (Å²) in [6.45, 7) is 2.40. The summed E-state index contributed by atoms with van der Waals surface area (Å²) < 4.78 is 10.2. The Morgan fingerprint density at radius 2 is 1.90 bits per heavy atom. The van der Waals surface area contributed by atoms with Gasteiger partial charge in [0.1, 0.15) is 5.75 Å². The van der Waals surface area contributed by atoms with Gasteiger partial charge in [-0.05, 0) is 43.5 Å². The maximum Gasteiger partial charge on any atom is 0.337 e. The monoisotopic (exact) mass is 402 g/mol. The van der Waals surface area contributed by atoms with Crippen LogP contribution in [0.15, 0.2) is 64.4 Å². The summed E-state index contributed by atoms with van der Waals surface area (Å²) in [5.74, 6) is 0.744. The Labute approximate surface area is 172 Å². The van der Waals surface area contributed by atoms with E-state index in [1.165, 1.54) is 4.57 Å². The van der Waals surface area contributed by atoms with E-state index in [1.807, 2.05) is 55.5 Å². The molecule has 2 aromatic carbocycles. The minimum Gasteiger partial charge on any atom is -0.496 e. The molecule has 1 fully saturated rings. The third-order valence-corrected chi connectivity index (χ3v) is 5.55. The molecule has 152 valence electrons. The SMILES string of the molecule is COc1ccccc1Cn1cnc2c1c(=O)n(C1CC1)c(=O)n2-c1cccc(C)c1. The van der Waals surface area contributed by atoms with Crippen molar-refractivity contribution >= 4 is 11.2 Å². The van der Waals surface area contributed by atoms with Gasteiger partial charge in [-0.1, -0.05) is 30.3 Å². The van der Waals surface area contributed by atoms with E-state index in [9.17, 15) is 9.59 Å². The first-order chi connectivity index (χ1) is 14.6. The van der Waals surface area contributed by atoms with Crippen molar-refractivity contribution in [3.05, 3.63) is 86.8 Å². The molecule has 30 heavy (non-hydrogen) atoms. The molecule has 0 atom stereocenters. The van der Waals surface area contributed by atoms with Crippen LogP contribution in [0.25, 0.3) is 16.9 Å². The van der Waals surface area contributed by atoms with Gasteiger partial charge < -0.3 is 9.30 Å². The number of aromatic nitrogens is 4. The summed E-state index contributed by atoms with van der Waals surface area (Å²) in [7, 11) is 1.63. The molecular weight excluding hydrogens is 380 g/mol. The maximum absolute atomic E-state index is 13.4. The second-order valence-corrected chi connectivity index (χ2v) is 7.72. The van der Waals surface area contributed by atoms with E-state index in [-0.39, 0.29) is 17.3 Å². The number of para-hydroxylation sites is 1. The first-order valence-corrected chi connectivity index (χ1v) is 10.00. The average molecular weight is 402 g/mol. The van der Waals surface area contributed by atoms with Crippen LogP contribution >= 0.6 is 0 Å². The van der Waals surface area contributed by atoms with E-state index in [4.69, 9.17) is 4.74 Å². The van der Waals surface area contributed by atoms with Gasteiger partial charge >= 0.3 is 5.69 Å². The Balaban J connectivity index is 1.78. The topological polar surface area (TPSA) is 71.1 Å². The van der Waals surface area contributed by atoms with Gasteiger partial charge in [0.15, 0.2) is 11.2 Å². The van der Waals surface area contributed by atoms with Crippen LogP contribution in [0.3, 0.4) is 0 Å². The second-order valence-electron chi connectivity index (χ2n) is 7.72. The molecule has 7 nitrogen and oxygen atoms in total. The van der Waals surface area contributed by atoms with Crippen LogP contribution < -0.4 is 16.0 Å². The Bertz CT molecular complexity index is 1380. The predicted molar refractivity (Wildman–Crippen MR) is 115 cm³/mol. The summed E-state index contributed by atoms with van der Waals surface area (Å²) in [5, 5.41) is 0. The van der Waals surface area contributed by atoms with Crippen molar-refractivity contribution in [2.75, 3.05) is 7.11 Å². The van der Waals surface area contributed by atoms with Crippen molar-refractivity contribution in [2.24, 2.45) is 0 Å². The summed E-state index contributed by atoms with van der Waals surface area (Å²) in [6.07, 6.45) is 3.31. The van der Waals surface area contributed by atoms with Crippen LogP contribution in [0.4, 0.5) is 0 Å². The highest BCUT2D eigenvalue weighted by Gasteiger charge is 2.30. The number of rotatable bonds is 5. The largest absolute Gasteiger partial charge is 0.496 e. The number of imidazole rings is 1. The van der Waals surface area contributed by atoms with E-state index in [0.717, 1.165) is 29.7 Å². The lowest BCUT2D eigenvalue weighted by molar-refractivity contribution is 0.408. The van der Waals surface area contributed by atoms with Gasteiger partial charge in [-0.15, -0.1) is 0 Å². The van der Waals surface area contributed by atoms with Gasteiger partial charge in [0, 0.05) is 11.6 Å². The van der Waals surface area contributed by atoms with Gasteiger partial charge in [0.25, 0.3) is 5.56 Å². The fourth-order valence-corrected chi connectivity index (χ4v) is 3.94. The molecule has 5 rings (SSSR count). The number of ether oxygens (including phenoxy) is 1. The first-order valence-electron chi connectivity index (χ1n) is 10.00. The number of benzene rings is 2. The Kier molecular flexibility index (Phi) is 4.31. The number of aryl methyl sites for hydroxylation is 1. The fourth-order valence-electron chi connectivity index (χ4n) is 3.94. The molecule has 0 bridgehead atoms. The number of fused-ring (bicyclic) bond motifs is 1. The highest BCUT2D eigenvalue weighted by Crippen LogP contribution is 2.32. The molecule has 2 aromatic heterocycles. The van der Waals surface area contributed by atoms with E-state index >= 15 is 0 Å². The van der Waals surface area contributed by atoms with Gasteiger partial charge in [0.05, 0.1) is 25.7 Å². The Morgan fingerprint density at radius 3 is 2.63 bits per heavy atom. The third kappa shape index (κ3) is 2.94. The maximum atomic E-state index is 13.4. The molecule has 0 unspecified atom stereocenters. The van der Waals surface area contributed by atoms with Crippen molar-refractivity contribution in [2.45, 2.75) is 32.4 Å². The zero-order chi connectivity index (χ0) is 20.8. The van der Waals surface area contributed by atoms with Gasteiger partial charge in [0.2, 0.25) is 0 Å². The Hall–Kier alpha value is -3.61. The molecule has 4 aromatic rings. The molecule has 1 saturated carbocycles. The highest BCUT2D eigenvalue weighted by molar-refractivity contribution is 5.72. The number of hydrogen-bond acceptors (Lipinski definition) is 4. The summed E-state index contributed by atoms with van der Waals surface area (Å²) in [4.78, 5) is 31.2. The highest BCUT2D eigenvalue weighted by atomic mass is 16.5. The molecule has 0 N–H and O–H groups in total. The fraction of sp³-hybridized carbons (Fsp3) is 0.261. The van der Waals surface area contributed by atoms with Crippen LogP contribution in [0.2, 0.25) is 0 Å². The summed E-state index contributed by atoms with van der Waals surface area (Å²) in [5.41, 5.74) is 2.87.